The Kier molecular flexibility index (Phi) is 8.82. The first-order valence-corrected chi connectivity index (χ1v) is 10.0. The molecule has 1 aliphatic carbocycles. The second-order valence-corrected chi connectivity index (χ2v) is 7.33. The second kappa shape index (κ2) is 11.1. The average Bonchev–Trinajstić information content (AvgIpc) is 2.66. The molecule has 0 radical (unpaired) electrons. The lowest BCUT2D eigenvalue weighted by atomic mass is 9.87. The van der Waals surface area contributed by atoms with E-state index < -0.39 is 0 Å². The van der Waals surface area contributed by atoms with Crippen molar-refractivity contribution in [2.24, 2.45) is 5.92 Å². The summed E-state index contributed by atoms with van der Waals surface area (Å²) >= 11 is 5.67. The smallest absolute Gasteiger partial charge is 0.244 e. The molecule has 5 heteroatoms. The van der Waals surface area contributed by atoms with E-state index in [1.54, 1.807) is 19.3 Å². The predicted octanol–water partition coefficient (Wildman–Crippen LogP) is 4.80. The quantitative estimate of drug-likeness (QED) is 0.381. The van der Waals surface area contributed by atoms with Gasteiger partial charge in [0.2, 0.25) is 5.91 Å². The van der Waals surface area contributed by atoms with Crippen LogP contribution in [-0.2, 0) is 4.79 Å². The van der Waals surface area contributed by atoms with Gasteiger partial charge in [0.1, 0.15) is 0 Å². The standard InChI is InChI=1S/C21H30ClNO3/c1-16-5-9-18(10-6-16)23-21(24)12-8-17-7-11-19(20(15-17)25-2)26-14-4-3-13-22/h7-8,11-12,15-16,18H,3-6,9-10,13-14H2,1-2H3,(H,23,24)/t16-,18-. The number of methoxy groups -OCH3 is 1. The van der Waals surface area contributed by atoms with Crippen molar-refractivity contribution in [2.75, 3.05) is 19.6 Å². The van der Waals surface area contributed by atoms with Crippen molar-refractivity contribution in [1.82, 2.24) is 5.32 Å². The molecule has 0 aromatic heterocycles. The van der Waals surface area contributed by atoms with Crippen LogP contribution in [0.2, 0.25) is 0 Å². The number of benzene rings is 1. The molecule has 4 nitrogen and oxygen atoms in total. The molecule has 1 saturated carbocycles. The average molecular weight is 380 g/mol. The monoisotopic (exact) mass is 379 g/mol. The van der Waals surface area contributed by atoms with Crippen LogP contribution in [0.1, 0.15) is 51.0 Å². The Hall–Kier alpha value is -1.68. The minimum atomic E-state index is -0.0371. The third-order valence-corrected chi connectivity index (χ3v) is 5.03. The lowest BCUT2D eigenvalue weighted by Crippen LogP contribution is -2.36. The van der Waals surface area contributed by atoms with E-state index in [-0.39, 0.29) is 5.91 Å². The van der Waals surface area contributed by atoms with Crippen LogP contribution >= 0.6 is 11.6 Å². The van der Waals surface area contributed by atoms with E-state index in [0.29, 0.717) is 30.0 Å². The number of carbonyl (C=O) groups excluding carboxylic acids is 1. The van der Waals surface area contributed by atoms with Gasteiger partial charge in [0.15, 0.2) is 11.5 Å². The number of amides is 1. The van der Waals surface area contributed by atoms with Crippen LogP contribution in [0.25, 0.3) is 6.08 Å². The third-order valence-electron chi connectivity index (χ3n) is 4.76. The van der Waals surface area contributed by atoms with Gasteiger partial charge in [0, 0.05) is 18.0 Å². The Bertz CT molecular complexity index is 595. The minimum Gasteiger partial charge on any atom is -0.493 e. The molecule has 1 fully saturated rings. The van der Waals surface area contributed by atoms with Crippen molar-refractivity contribution >= 4 is 23.6 Å². The van der Waals surface area contributed by atoms with Crippen molar-refractivity contribution in [3.63, 3.8) is 0 Å². The van der Waals surface area contributed by atoms with Gasteiger partial charge in [-0.3, -0.25) is 4.79 Å². The zero-order valence-corrected chi connectivity index (χ0v) is 16.6. The number of unbranched alkanes of at least 4 members (excludes halogenated alkanes) is 1. The molecule has 0 unspecified atom stereocenters. The highest BCUT2D eigenvalue weighted by Crippen LogP contribution is 2.29. The number of nitrogens with one attached hydrogen (secondary N) is 1. The summed E-state index contributed by atoms with van der Waals surface area (Å²) in [6.07, 6.45) is 9.77. The minimum absolute atomic E-state index is 0.0371. The molecule has 0 atom stereocenters. The maximum absolute atomic E-state index is 12.1. The Morgan fingerprint density at radius 3 is 2.69 bits per heavy atom. The summed E-state index contributed by atoms with van der Waals surface area (Å²) in [6.45, 7) is 2.89. The zero-order chi connectivity index (χ0) is 18.8. The predicted molar refractivity (Wildman–Crippen MR) is 107 cm³/mol. The van der Waals surface area contributed by atoms with Crippen molar-refractivity contribution in [1.29, 1.82) is 0 Å². The molecule has 1 aromatic rings. The molecule has 0 spiro atoms. The van der Waals surface area contributed by atoms with E-state index in [1.807, 2.05) is 18.2 Å². The fraction of sp³-hybridized carbons (Fsp3) is 0.571. The molecule has 0 aliphatic heterocycles. The molecule has 2 rings (SSSR count). The molecule has 1 aromatic carbocycles. The van der Waals surface area contributed by atoms with E-state index in [2.05, 4.69) is 12.2 Å². The number of hydrogen-bond donors (Lipinski definition) is 1. The molecule has 1 aliphatic rings. The fourth-order valence-electron chi connectivity index (χ4n) is 3.11. The number of halogens is 1. The summed E-state index contributed by atoms with van der Waals surface area (Å²) < 4.78 is 11.1. The summed E-state index contributed by atoms with van der Waals surface area (Å²) in [5, 5.41) is 3.10. The lowest BCUT2D eigenvalue weighted by molar-refractivity contribution is -0.117. The zero-order valence-electron chi connectivity index (χ0n) is 15.8. The fourth-order valence-corrected chi connectivity index (χ4v) is 3.30. The number of alkyl halides is 1. The molecular weight excluding hydrogens is 350 g/mol. The molecule has 0 heterocycles. The van der Waals surface area contributed by atoms with Gasteiger partial charge in [-0.05, 0) is 68.2 Å². The molecule has 0 saturated heterocycles. The third kappa shape index (κ3) is 6.91. The second-order valence-electron chi connectivity index (χ2n) is 6.95. The summed E-state index contributed by atoms with van der Waals surface area (Å²) in [6, 6.07) is 5.98. The van der Waals surface area contributed by atoms with E-state index >= 15 is 0 Å². The molecule has 1 amide bonds. The van der Waals surface area contributed by atoms with Gasteiger partial charge >= 0.3 is 0 Å². The van der Waals surface area contributed by atoms with Crippen LogP contribution in [0.3, 0.4) is 0 Å². The molecular formula is C21H30ClNO3. The first kappa shape index (κ1) is 20.6. The summed E-state index contributed by atoms with van der Waals surface area (Å²) in [7, 11) is 1.62. The number of ether oxygens (including phenoxy) is 2. The van der Waals surface area contributed by atoms with E-state index in [1.165, 1.54) is 12.8 Å². The van der Waals surface area contributed by atoms with Gasteiger partial charge in [-0.25, -0.2) is 0 Å². The number of hydrogen-bond acceptors (Lipinski definition) is 3. The van der Waals surface area contributed by atoms with Crippen LogP contribution in [0.5, 0.6) is 11.5 Å². The van der Waals surface area contributed by atoms with Gasteiger partial charge in [-0.2, -0.15) is 0 Å². The first-order valence-electron chi connectivity index (χ1n) is 9.47. The van der Waals surface area contributed by atoms with Gasteiger partial charge < -0.3 is 14.8 Å². The van der Waals surface area contributed by atoms with Crippen molar-refractivity contribution in [3.8, 4) is 11.5 Å². The van der Waals surface area contributed by atoms with Crippen molar-refractivity contribution in [3.05, 3.63) is 29.8 Å². The highest BCUT2D eigenvalue weighted by molar-refractivity contribution is 6.17. The van der Waals surface area contributed by atoms with Crippen LogP contribution in [0.4, 0.5) is 0 Å². The topological polar surface area (TPSA) is 47.6 Å². The summed E-state index contributed by atoms with van der Waals surface area (Å²) in [5.41, 5.74) is 0.905. The van der Waals surface area contributed by atoms with Gasteiger partial charge in [0.05, 0.1) is 13.7 Å². The molecule has 1 N–H and O–H groups in total. The van der Waals surface area contributed by atoms with Crippen LogP contribution in [0.15, 0.2) is 24.3 Å². The van der Waals surface area contributed by atoms with Gasteiger partial charge in [0.25, 0.3) is 0 Å². The van der Waals surface area contributed by atoms with Crippen LogP contribution < -0.4 is 14.8 Å². The van der Waals surface area contributed by atoms with E-state index in [9.17, 15) is 4.79 Å². The number of rotatable bonds is 9. The molecule has 26 heavy (non-hydrogen) atoms. The largest absolute Gasteiger partial charge is 0.493 e. The number of carbonyl (C=O) groups is 1. The molecule has 0 bridgehead atoms. The van der Waals surface area contributed by atoms with Crippen molar-refractivity contribution < 1.29 is 14.3 Å². The highest BCUT2D eigenvalue weighted by atomic mass is 35.5. The van der Waals surface area contributed by atoms with E-state index in [0.717, 1.165) is 37.2 Å². The lowest BCUT2D eigenvalue weighted by Gasteiger charge is -2.26. The van der Waals surface area contributed by atoms with Gasteiger partial charge in [-0.1, -0.05) is 13.0 Å². The van der Waals surface area contributed by atoms with Crippen molar-refractivity contribution in [2.45, 2.75) is 51.5 Å². The molecule has 144 valence electrons. The van der Waals surface area contributed by atoms with E-state index in [4.69, 9.17) is 21.1 Å². The normalized spacial score (nSPS) is 20.1. The van der Waals surface area contributed by atoms with Crippen LogP contribution in [-0.4, -0.2) is 31.5 Å². The Balaban J connectivity index is 1.87. The Morgan fingerprint density at radius 1 is 1.23 bits per heavy atom. The first-order chi connectivity index (χ1) is 12.6. The highest BCUT2D eigenvalue weighted by Gasteiger charge is 2.18. The SMILES string of the molecule is COc1cc(C=CC(=O)N[C@H]2CC[C@H](C)CC2)ccc1OCCCCCl. The maximum Gasteiger partial charge on any atom is 0.244 e. The van der Waals surface area contributed by atoms with Crippen LogP contribution in [0, 0.1) is 5.92 Å². The Labute approximate surface area is 161 Å². The Morgan fingerprint density at radius 2 is 2.00 bits per heavy atom. The summed E-state index contributed by atoms with van der Waals surface area (Å²) in [4.78, 5) is 12.1. The maximum atomic E-state index is 12.1. The van der Waals surface area contributed by atoms with Gasteiger partial charge in [-0.15, -0.1) is 11.6 Å². The summed E-state index contributed by atoms with van der Waals surface area (Å²) in [5.74, 6) is 2.76.